The zero-order chi connectivity index (χ0) is 21.1. The molecule has 9 heteroatoms. The van der Waals surface area contributed by atoms with Gasteiger partial charge in [0.1, 0.15) is 5.60 Å². The Balaban J connectivity index is 0.00000450. The van der Waals surface area contributed by atoms with Gasteiger partial charge in [-0.3, -0.25) is 4.99 Å². The lowest BCUT2D eigenvalue weighted by Gasteiger charge is -2.19. The van der Waals surface area contributed by atoms with Gasteiger partial charge in [0.25, 0.3) is 0 Å². The minimum atomic E-state index is -0.478. The predicted octanol–water partition coefficient (Wildman–Crippen LogP) is 3.11. The molecule has 0 fully saturated rings. The molecule has 30 heavy (non-hydrogen) atoms. The van der Waals surface area contributed by atoms with Crippen LogP contribution >= 0.6 is 24.0 Å². The number of aromatic nitrogens is 2. The Kier molecular flexibility index (Phi) is 11.2. The van der Waals surface area contributed by atoms with Crippen LogP contribution in [0.25, 0.3) is 5.69 Å². The summed E-state index contributed by atoms with van der Waals surface area (Å²) >= 11 is 0. The number of benzene rings is 1. The zero-order valence-electron chi connectivity index (χ0n) is 18.1. The molecule has 1 aromatic carbocycles. The molecule has 1 amide bonds. The second kappa shape index (κ2) is 13.1. The third-order valence-corrected chi connectivity index (χ3v) is 3.95. The summed E-state index contributed by atoms with van der Waals surface area (Å²) in [5.74, 6) is 0.746. The summed E-state index contributed by atoms with van der Waals surface area (Å²) < 4.78 is 7.04. The van der Waals surface area contributed by atoms with E-state index in [4.69, 9.17) is 4.74 Å². The molecule has 2 rings (SSSR count). The van der Waals surface area contributed by atoms with E-state index in [2.05, 4.69) is 50.3 Å². The highest BCUT2D eigenvalue weighted by atomic mass is 127. The number of hydrogen-bond acceptors (Lipinski definition) is 4. The highest BCUT2D eigenvalue weighted by Gasteiger charge is 2.15. The van der Waals surface area contributed by atoms with Crippen molar-refractivity contribution in [1.82, 2.24) is 25.7 Å². The topological polar surface area (TPSA) is 92.6 Å². The van der Waals surface area contributed by atoms with E-state index in [-0.39, 0.29) is 24.0 Å². The van der Waals surface area contributed by atoms with Crippen LogP contribution in [0.4, 0.5) is 4.79 Å². The van der Waals surface area contributed by atoms with E-state index in [1.807, 2.05) is 37.7 Å². The third-order valence-electron chi connectivity index (χ3n) is 3.95. The molecule has 8 nitrogen and oxygen atoms in total. The standard InChI is InChI=1S/C21H32N6O2.HI/c1-21(2,3)29-20(28)25-13-5-12-23-19(22-4)24-15-11-17-7-9-18(10-8-17)27-16-6-14-26-27;/h6-10,14,16H,5,11-13,15H2,1-4H3,(H,25,28)(H2,22,23,24);1H. The SMILES string of the molecule is CN=C(NCCCNC(=O)OC(C)(C)C)NCCc1ccc(-n2cccn2)cc1.I. The van der Waals surface area contributed by atoms with E-state index in [9.17, 15) is 4.79 Å². The first-order valence-electron chi connectivity index (χ1n) is 9.88. The van der Waals surface area contributed by atoms with Crippen LogP contribution in [-0.2, 0) is 11.2 Å². The Morgan fingerprint density at radius 3 is 2.37 bits per heavy atom. The van der Waals surface area contributed by atoms with Crippen molar-refractivity contribution in [2.45, 2.75) is 39.2 Å². The fourth-order valence-electron chi connectivity index (χ4n) is 2.58. The number of nitrogens with zero attached hydrogens (tertiary/aromatic N) is 3. The Morgan fingerprint density at radius 2 is 1.77 bits per heavy atom. The summed E-state index contributed by atoms with van der Waals surface area (Å²) in [7, 11) is 1.74. The predicted molar refractivity (Wildman–Crippen MR) is 131 cm³/mol. The van der Waals surface area contributed by atoms with Crippen molar-refractivity contribution >= 4 is 36.0 Å². The fourth-order valence-corrected chi connectivity index (χ4v) is 2.58. The monoisotopic (exact) mass is 528 g/mol. The van der Waals surface area contributed by atoms with E-state index < -0.39 is 11.7 Å². The molecule has 0 atom stereocenters. The number of nitrogens with one attached hydrogen (secondary N) is 3. The van der Waals surface area contributed by atoms with Crippen molar-refractivity contribution in [3.05, 3.63) is 48.3 Å². The molecule has 3 N–H and O–H groups in total. The van der Waals surface area contributed by atoms with Crippen LogP contribution < -0.4 is 16.0 Å². The number of ether oxygens (including phenoxy) is 1. The molecule has 0 unspecified atom stereocenters. The first-order chi connectivity index (χ1) is 13.9. The van der Waals surface area contributed by atoms with Crippen molar-refractivity contribution in [3.63, 3.8) is 0 Å². The summed E-state index contributed by atoms with van der Waals surface area (Å²) in [5, 5.41) is 13.5. The van der Waals surface area contributed by atoms with Crippen molar-refractivity contribution in [1.29, 1.82) is 0 Å². The van der Waals surface area contributed by atoms with Crippen LogP contribution in [0.5, 0.6) is 0 Å². The van der Waals surface area contributed by atoms with Gasteiger partial charge in [-0.05, 0) is 57.4 Å². The maximum atomic E-state index is 11.6. The maximum absolute atomic E-state index is 11.6. The summed E-state index contributed by atoms with van der Waals surface area (Å²) in [5.41, 5.74) is 1.81. The van der Waals surface area contributed by atoms with Gasteiger partial charge in [0.2, 0.25) is 0 Å². The van der Waals surface area contributed by atoms with Crippen LogP contribution in [0.3, 0.4) is 0 Å². The molecule has 1 heterocycles. The molecule has 0 bridgehead atoms. The van der Waals surface area contributed by atoms with E-state index in [0.29, 0.717) is 13.1 Å². The average Bonchev–Trinajstić information content (AvgIpc) is 3.20. The van der Waals surface area contributed by atoms with Gasteiger partial charge in [0, 0.05) is 39.1 Å². The summed E-state index contributed by atoms with van der Waals surface area (Å²) in [6.45, 7) is 7.55. The number of aliphatic imine (C=N–C) groups is 1. The van der Waals surface area contributed by atoms with E-state index >= 15 is 0 Å². The van der Waals surface area contributed by atoms with Gasteiger partial charge in [-0.15, -0.1) is 24.0 Å². The molecule has 166 valence electrons. The van der Waals surface area contributed by atoms with Gasteiger partial charge in [-0.2, -0.15) is 5.10 Å². The number of rotatable bonds is 8. The van der Waals surface area contributed by atoms with Crippen LogP contribution in [0.1, 0.15) is 32.8 Å². The molecule has 2 aromatic rings. The highest BCUT2D eigenvalue weighted by Crippen LogP contribution is 2.09. The van der Waals surface area contributed by atoms with Gasteiger partial charge < -0.3 is 20.7 Å². The molecule has 0 aliphatic heterocycles. The van der Waals surface area contributed by atoms with Crippen LogP contribution in [-0.4, -0.2) is 54.1 Å². The van der Waals surface area contributed by atoms with Gasteiger partial charge in [0.15, 0.2) is 5.96 Å². The Labute approximate surface area is 195 Å². The van der Waals surface area contributed by atoms with E-state index in [1.54, 1.807) is 13.2 Å². The highest BCUT2D eigenvalue weighted by molar-refractivity contribution is 14.0. The maximum Gasteiger partial charge on any atom is 0.407 e. The minimum Gasteiger partial charge on any atom is -0.444 e. The molecule has 0 radical (unpaired) electrons. The number of carbonyl (C=O) groups is 1. The summed E-state index contributed by atoms with van der Waals surface area (Å²) in [6, 6.07) is 10.2. The molecule has 0 aliphatic carbocycles. The number of carbonyl (C=O) groups excluding carboxylic acids is 1. The molecule has 1 aromatic heterocycles. The Morgan fingerprint density at radius 1 is 1.10 bits per heavy atom. The third kappa shape index (κ3) is 9.95. The lowest BCUT2D eigenvalue weighted by atomic mass is 10.1. The van der Waals surface area contributed by atoms with Gasteiger partial charge in [-0.1, -0.05) is 12.1 Å². The van der Waals surface area contributed by atoms with Crippen molar-refractivity contribution < 1.29 is 9.53 Å². The van der Waals surface area contributed by atoms with Crippen LogP contribution in [0.15, 0.2) is 47.7 Å². The normalized spacial score (nSPS) is 11.4. The summed E-state index contributed by atoms with van der Waals surface area (Å²) in [6.07, 6.45) is 4.97. The first kappa shape index (κ1) is 25.7. The lowest BCUT2D eigenvalue weighted by molar-refractivity contribution is 0.0527. The smallest absolute Gasteiger partial charge is 0.407 e. The fraction of sp³-hybridized carbons (Fsp3) is 0.476. The quantitative estimate of drug-likeness (QED) is 0.212. The second-order valence-electron chi connectivity index (χ2n) is 7.58. The number of alkyl carbamates (subject to hydrolysis) is 1. The molecule has 0 saturated carbocycles. The molecule has 0 spiro atoms. The van der Waals surface area contributed by atoms with Gasteiger partial charge >= 0.3 is 6.09 Å². The first-order valence-corrected chi connectivity index (χ1v) is 9.88. The number of hydrogen-bond donors (Lipinski definition) is 3. The summed E-state index contributed by atoms with van der Waals surface area (Å²) in [4.78, 5) is 15.8. The van der Waals surface area contributed by atoms with Gasteiger partial charge in [-0.25, -0.2) is 9.48 Å². The Hall–Kier alpha value is -2.30. The number of amides is 1. The zero-order valence-corrected chi connectivity index (χ0v) is 20.5. The van der Waals surface area contributed by atoms with Gasteiger partial charge in [0.05, 0.1) is 5.69 Å². The molecule has 0 saturated heterocycles. The van der Waals surface area contributed by atoms with Crippen molar-refractivity contribution in [2.24, 2.45) is 4.99 Å². The number of guanidine groups is 1. The van der Waals surface area contributed by atoms with Crippen LogP contribution in [0, 0.1) is 0 Å². The van der Waals surface area contributed by atoms with Crippen molar-refractivity contribution in [2.75, 3.05) is 26.7 Å². The second-order valence-corrected chi connectivity index (χ2v) is 7.58. The lowest BCUT2D eigenvalue weighted by Crippen LogP contribution is -2.40. The largest absolute Gasteiger partial charge is 0.444 e. The molecule has 0 aliphatic rings. The molecular weight excluding hydrogens is 495 g/mol. The number of halogens is 1. The van der Waals surface area contributed by atoms with E-state index in [1.165, 1.54) is 5.56 Å². The van der Waals surface area contributed by atoms with E-state index in [0.717, 1.165) is 31.0 Å². The Bertz CT molecular complexity index is 770. The average molecular weight is 528 g/mol. The molecular formula is C21H33IN6O2. The van der Waals surface area contributed by atoms with Crippen LogP contribution in [0.2, 0.25) is 0 Å². The van der Waals surface area contributed by atoms with Crippen molar-refractivity contribution in [3.8, 4) is 5.69 Å². The minimum absolute atomic E-state index is 0.